The van der Waals surface area contributed by atoms with Crippen LogP contribution < -0.4 is 9.80 Å². The van der Waals surface area contributed by atoms with Crippen molar-refractivity contribution in [3.05, 3.63) is 57.8 Å². The molecule has 0 unspecified atom stereocenters. The Kier molecular flexibility index (Phi) is 6.08. The number of hydrogen-bond acceptors (Lipinski definition) is 7. The van der Waals surface area contributed by atoms with E-state index in [2.05, 4.69) is 14.8 Å². The Morgan fingerprint density at radius 1 is 1.18 bits per heavy atom. The normalized spacial score (nSPS) is 14.5. The molecule has 0 saturated carbocycles. The minimum Gasteiger partial charge on any atom is -0.462 e. The summed E-state index contributed by atoms with van der Waals surface area (Å²) in [5, 5.41) is 11.4. The predicted octanol–water partition coefficient (Wildman–Crippen LogP) is 3.19. The molecule has 1 aliphatic rings. The van der Waals surface area contributed by atoms with Gasteiger partial charge in [-0.05, 0) is 44.0 Å². The van der Waals surface area contributed by atoms with Crippen LogP contribution in [0.4, 0.5) is 17.2 Å². The van der Waals surface area contributed by atoms with Crippen molar-refractivity contribution in [2.75, 3.05) is 42.6 Å². The van der Waals surface area contributed by atoms with Gasteiger partial charge in [-0.15, -0.1) is 0 Å². The van der Waals surface area contributed by atoms with Gasteiger partial charge in [0, 0.05) is 38.4 Å². The molecule has 1 saturated heterocycles. The molecule has 1 fully saturated rings. The first kappa shape index (κ1) is 19.6. The van der Waals surface area contributed by atoms with Gasteiger partial charge in [-0.1, -0.05) is 6.07 Å². The van der Waals surface area contributed by atoms with Crippen molar-refractivity contribution in [2.45, 2.75) is 20.3 Å². The lowest BCUT2D eigenvalue weighted by Gasteiger charge is -2.24. The zero-order valence-electron chi connectivity index (χ0n) is 16.1. The third-order valence-electron chi connectivity index (χ3n) is 4.75. The van der Waals surface area contributed by atoms with Gasteiger partial charge in [0.25, 0.3) is 5.69 Å². The largest absolute Gasteiger partial charge is 0.462 e. The number of rotatable bonds is 5. The molecule has 2 aromatic rings. The maximum absolute atomic E-state index is 11.8. The Morgan fingerprint density at radius 3 is 2.61 bits per heavy atom. The zero-order chi connectivity index (χ0) is 20.1. The number of anilines is 2. The number of pyridine rings is 1. The van der Waals surface area contributed by atoms with E-state index in [0.29, 0.717) is 30.9 Å². The highest BCUT2D eigenvalue weighted by Gasteiger charge is 2.23. The van der Waals surface area contributed by atoms with Crippen LogP contribution in [0.2, 0.25) is 0 Å². The highest BCUT2D eigenvalue weighted by molar-refractivity contribution is 5.89. The summed E-state index contributed by atoms with van der Waals surface area (Å²) in [6, 6.07) is 8.88. The highest BCUT2D eigenvalue weighted by atomic mass is 16.6. The van der Waals surface area contributed by atoms with Crippen molar-refractivity contribution in [1.82, 2.24) is 4.98 Å². The number of nitro benzene ring substituents is 1. The Labute approximate surface area is 163 Å². The van der Waals surface area contributed by atoms with Gasteiger partial charge in [0.1, 0.15) is 11.5 Å². The number of carbonyl (C=O) groups is 1. The monoisotopic (exact) mass is 384 g/mol. The molecular weight excluding hydrogens is 360 g/mol. The topological polar surface area (TPSA) is 88.8 Å². The molecule has 0 spiro atoms. The second-order valence-electron chi connectivity index (χ2n) is 6.70. The summed E-state index contributed by atoms with van der Waals surface area (Å²) < 4.78 is 4.98. The SMILES string of the molecule is CCOC(=O)c1ccc(N2CCCN(c3ccc(C)cc3[N+](=O)[O-])CC2)nc1. The molecule has 0 atom stereocenters. The van der Waals surface area contributed by atoms with Crippen LogP contribution in [0.15, 0.2) is 36.5 Å². The third-order valence-corrected chi connectivity index (χ3v) is 4.75. The molecule has 8 heteroatoms. The van der Waals surface area contributed by atoms with Gasteiger partial charge in [0.15, 0.2) is 0 Å². The molecule has 28 heavy (non-hydrogen) atoms. The van der Waals surface area contributed by atoms with Gasteiger partial charge in [-0.25, -0.2) is 9.78 Å². The van der Waals surface area contributed by atoms with Crippen LogP contribution in [0.1, 0.15) is 29.3 Å². The summed E-state index contributed by atoms with van der Waals surface area (Å²) in [6.07, 6.45) is 2.38. The number of carbonyl (C=O) groups excluding carboxylic acids is 1. The summed E-state index contributed by atoms with van der Waals surface area (Å²) in [5.74, 6) is 0.406. The van der Waals surface area contributed by atoms with Crippen LogP contribution in [0, 0.1) is 17.0 Å². The number of aryl methyl sites for hydroxylation is 1. The molecule has 1 aliphatic heterocycles. The first-order chi connectivity index (χ1) is 13.5. The summed E-state index contributed by atoms with van der Waals surface area (Å²) in [4.78, 5) is 31.5. The van der Waals surface area contributed by atoms with Crippen molar-refractivity contribution < 1.29 is 14.5 Å². The van der Waals surface area contributed by atoms with Crippen LogP contribution in [0.3, 0.4) is 0 Å². The van der Waals surface area contributed by atoms with E-state index in [1.807, 2.05) is 25.1 Å². The molecular formula is C20H24N4O4. The molecule has 1 aromatic heterocycles. The fraction of sp³-hybridized carbons (Fsp3) is 0.400. The van der Waals surface area contributed by atoms with Crippen molar-refractivity contribution in [3.63, 3.8) is 0 Å². The standard InChI is InChI=1S/C20H24N4O4/c1-3-28-20(25)16-6-8-19(21-14-16)23-10-4-9-22(11-12-23)17-7-5-15(2)13-18(17)24(26)27/h5-8,13-14H,3-4,9-12H2,1-2H3. The van der Waals surface area contributed by atoms with E-state index in [1.54, 1.807) is 19.1 Å². The summed E-state index contributed by atoms with van der Waals surface area (Å²) >= 11 is 0. The number of nitro groups is 1. The number of benzene rings is 1. The van der Waals surface area contributed by atoms with Crippen LogP contribution >= 0.6 is 0 Å². The number of aromatic nitrogens is 1. The quantitative estimate of drug-likeness (QED) is 0.444. The summed E-state index contributed by atoms with van der Waals surface area (Å²) in [7, 11) is 0. The van der Waals surface area contributed by atoms with Crippen LogP contribution in [0.5, 0.6) is 0 Å². The molecule has 0 radical (unpaired) electrons. The van der Waals surface area contributed by atoms with Crippen molar-refractivity contribution in [2.24, 2.45) is 0 Å². The molecule has 0 bridgehead atoms. The average molecular weight is 384 g/mol. The predicted molar refractivity (Wildman–Crippen MR) is 107 cm³/mol. The fourth-order valence-corrected chi connectivity index (χ4v) is 3.34. The minimum atomic E-state index is -0.379. The second kappa shape index (κ2) is 8.69. The van der Waals surface area contributed by atoms with Gasteiger partial charge < -0.3 is 14.5 Å². The molecule has 0 amide bonds. The molecule has 2 heterocycles. The van der Waals surface area contributed by atoms with Gasteiger partial charge in [0.2, 0.25) is 0 Å². The lowest BCUT2D eigenvalue weighted by Crippen LogP contribution is -2.31. The molecule has 8 nitrogen and oxygen atoms in total. The molecule has 148 valence electrons. The molecule has 3 rings (SSSR count). The minimum absolute atomic E-state index is 0.144. The smallest absolute Gasteiger partial charge is 0.339 e. The Hall–Kier alpha value is -3.16. The Morgan fingerprint density at radius 2 is 1.93 bits per heavy atom. The number of ether oxygens (including phenoxy) is 1. The van der Waals surface area contributed by atoms with Crippen LogP contribution in [0.25, 0.3) is 0 Å². The summed E-state index contributed by atoms with van der Waals surface area (Å²) in [6.45, 7) is 6.83. The second-order valence-corrected chi connectivity index (χ2v) is 6.70. The number of esters is 1. The van der Waals surface area contributed by atoms with E-state index < -0.39 is 0 Å². The average Bonchev–Trinajstić information content (AvgIpc) is 2.94. The Balaban J connectivity index is 1.72. The number of nitrogens with zero attached hydrogens (tertiary/aromatic N) is 4. The first-order valence-electron chi connectivity index (χ1n) is 9.37. The molecule has 1 aromatic carbocycles. The molecule has 0 N–H and O–H groups in total. The van der Waals surface area contributed by atoms with Crippen LogP contribution in [-0.2, 0) is 4.74 Å². The first-order valence-corrected chi connectivity index (χ1v) is 9.37. The summed E-state index contributed by atoms with van der Waals surface area (Å²) in [5.41, 5.74) is 2.10. The fourth-order valence-electron chi connectivity index (χ4n) is 3.34. The van der Waals surface area contributed by atoms with Crippen molar-refractivity contribution in [1.29, 1.82) is 0 Å². The van der Waals surface area contributed by atoms with E-state index in [0.717, 1.165) is 30.9 Å². The van der Waals surface area contributed by atoms with Gasteiger partial charge in [-0.3, -0.25) is 10.1 Å². The highest BCUT2D eigenvalue weighted by Crippen LogP contribution is 2.30. The van der Waals surface area contributed by atoms with Crippen LogP contribution in [-0.4, -0.2) is 48.7 Å². The third kappa shape index (κ3) is 4.39. The van der Waals surface area contributed by atoms with E-state index in [-0.39, 0.29) is 16.6 Å². The maximum atomic E-state index is 11.8. The van der Waals surface area contributed by atoms with Gasteiger partial charge in [0.05, 0.1) is 17.1 Å². The van der Waals surface area contributed by atoms with E-state index in [1.165, 1.54) is 6.20 Å². The maximum Gasteiger partial charge on any atom is 0.339 e. The Bertz CT molecular complexity index is 854. The lowest BCUT2D eigenvalue weighted by molar-refractivity contribution is -0.384. The van der Waals surface area contributed by atoms with E-state index in [9.17, 15) is 14.9 Å². The van der Waals surface area contributed by atoms with Crippen molar-refractivity contribution in [3.8, 4) is 0 Å². The van der Waals surface area contributed by atoms with Gasteiger partial charge >= 0.3 is 5.97 Å². The van der Waals surface area contributed by atoms with E-state index >= 15 is 0 Å². The van der Waals surface area contributed by atoms with Gasteiger partial charge in [-0.2, -0.15) is 0 Å². The van der Waals surface area contributed by atoms with Crippen molar-refractivity contribution >= 4 is 23.2 Å². The lowest BCUT2D eigenvalue weighted by atomic mass is 10.1. The zero-order valence-corrected chi connectivity index (χ0v) is 16.1. The van der Waals surface area contributed by atoms with E-state index in [4.69, 9.17) is 4.74 Å². The molecule has 0 aliphatic carbocycles. The number of hydrogen-bond donors (Lipinski definition) is 0.